The Morgan fingerprint density at radius 2 is 1.82 bits per heavy atom. The maximum atomic E-state index is 13.4. The van der Waals surface area contributed by atoms with E-state index in [2.05, 4.69) is 15.9 Å². The van der Waals surface area contributed by atoms with Crippen LogP contribution >= 0.6 is 15.9 Å². The predicted octanol–water partition coefficient (Wildman–Crippen LogP) is 2.86. The van der Waals surface area contributed by atoms with E-state index in [-0.39, 0.29) is 18.0 Å². The molecule has 1 aromatic carbocycles. The fourth-order valence-electron chi connectivity index (χ4n) is 1.52. The lowest BCUT2D eigenvalue weighted by Crippen LogP contribution is -2.18. The second-order valence-corrected chi connectivity index (χ2v) is 4.96. The molecule has 0 radical (unpaired) electrons. The van der Waals surface area contributed by atoms with Crippen LogP contribution in [0, 0.1) is 19.7 Å². The quantitative estimate of drug-likeness (QED) is 0.687. The number of halogens is 2. The molecule has 0 heterocycles. The van der Waals surface area contributed by atoms with Crippen molar-refractivity contribution in [2.75, 3.05) is 0 Å². The van der Waals surface area contributed by atoms with Gasteiger partial charge in [-0.25, -0.2) is 4.39 Å². The first-order valence-electron chi connectivity index (χ1n) is 4.99. The zero-order valence-corrected chi connectivity index (χ0v) is 11.0. The number of rotatable bonds is 4. The number of carbonyl (C=O) groups excluding carboxylic acids is 1. The van der Waals surface area contributed by atoms with Crippen LogP contribution in [0.25, 0.3) is 0 Å². The fraction of sp³-hybridized carbons (Fsp3) is 0.333. The normalized spacial score (nSPS) is 12.2. The van der Waals surface area contributed by atoms with Gasteiger partial charge in [0.1, 0.15) is 5.82 Å². The number of Topliss-reactive ketones (excluding diaryl/α,β-unsaturated/α-hetero) is 1. The van der Waals surface area contributed by atoms with E-state index in [0.29, 0.717) is 16.7 Å². The van der Waals surface area contributed by atoms with Crippen molar-refractivity contribution in [3.63, 3.8) is 0 Å². The third-order valence-corrected chi connectivity index (χ3v) is 3.10. The number of carboxylic acids is 1. The second kappa shape index (κ2) is 5.40. The predicted molar refractivity (Wildman–Crippen MR) is 65.2 cm³/mol. The van der Waals surface area contributed by atoms with Crippen LogP contribution in [-0.2, 0) is 4.79 Å². The molecule has 0 amide bonds. The van der Waals surface area contributed by atoms with Crippen LogP contribution in [0.1, 0.15) is 27.9 Å². The molecule has 0 bridgehead atoms. The Morgan fingerprint density at radius 3 is 2.24 bits per heavy atom. The van der Waals surface area contributed by atoms with E-state index in [1.54, 1.807) is 13.8 Å². The van der Waals surface area contributed by atoms with Crippen molar-refractivity contribution in [1.82, 2.24) is 0 Å². The van der Waals surface area contributed by atoms with Crippen molar-refractivity contribution in [2.24, 2.45) is 0 Å². The fourth-order valence-corrected chi connectivity index (χ4v) is 2.06. The van der Waals surface area contributed by atoms with Crippen molar-refractivity contribution < 1.29 is 19.1 Å². The molecule has 0 aromatic heterocycles. The van der Waals surface area contributed by atoms with E-state index < -0.39 is 10.8 Å². The largest absolute Gasteiger partial charge is 0.481 e. The lowest BCUT2D eigenvalue weighted by Gasteiger charge is -2.09. The Kier molecular flexibility index (Phi) is 4.40. The summed E-state index contributed by atoms with van der Waals surface area (Å²) in [5, 5.41) is 8.59. The lowest BCUT2D eigenvalue weighted by molar-refractivity contribution is -0.136. The summed E-state index contributed by atoms with van der Waals surface area (Å²) in [5.74, 6) is -1.75. The standard InChI is InChI=1S/C12H12BrFO3/c1-6-3-8(4-7(2)11(6)14)12(17)9(13)5-10(15)16/h3-4,9H,5H2,1-2H3,(H,15,16). The summed E-state index contributed by atoms with van der Waals surface area (Å²) in [7, 11) is 0. The minimum Gasteiger partial charge on any atom is -0.481 e. The first-order valence-corrected chi connectivity index (χ1v) is 5.91. The molecule has 17 heavy (non-hydrogen) atoms. The molecule has 1 rings (SSSR count). The van der Waals surface area contributed by atoms with Gasteiger partial charge in [0.2, 0.25) is 0 Å². The van der Waals surface area contributed by atoms with Gasteiger partial charge in [0.15, 0.2) is 5.78 Å². The molecule has 1 aromatic rings. The number of hydrogen-bond donors (Lipinski definition) is 1. The molecule has 3 nitrogen and oxygen atoms in total. The number of hydrogen-bond acceptors (Lipinski definition) is 2. The first-order chi connectivity index (χ1) is 7.82. The Labute approximate surface area is 107 Å². The molecule has 1 atom stereocenters. The average molecular weight is 303 g/mol. The molecule has 1 unspecified atom stereocenters. The van der Waals surface area contributed by atoms with Crippen molar-refractivity contribution in [1.29, 1.82) is 0 Å². The highest BCUT2D eigenvalue weighted by Gasteiger charge is 2.21. The Balaban J connectivity index is 3.01. The second-order valence-electron chi connectivity index (χ2n) is 3.85. The van der Waals surface area contributed by atoms with Gasteiger partial charge in [0.05, 0.1) is 11.2 Å². The first kappa shape index (κ1) is 13.8. The zero-order valence-electron chi connectivity index (χ0n) is 9.46. The minimum absolute atomic E-state index is 0.297. The molecule has 0 fully saturated rings. The number of ketones is 1. The average Bonchev–Trinajstić information content (AvgIpc) is 2.23. The third kappa shape index (κ3) is 3.36. The number of carbonyl (C=O) groups is 2. The van der Waals surface area contributed by atoms with Gasteiger partial charge in [-0.2, -0.15) is 0 Å². The molecule has 0 spiro atoms. The summed E-state index contributed by atoms with van der Waals surface area (Å²) >= 11 is 3.02. The summed E-state index contributed by atoms with van der Waals surface area (Å²) in [6.07, 6.45) is -0.297. The Bertz CT molecular complexity index is 448. The van der Waals surface area contributed by atoms with Crippen LogP contribution < -0.4 is 0 Å². The highest BCUT2D eigenvalue weighted by atomic mass is 79.9. The van der Waals surface area contributed by atoms with Crippen LogP contribution in [0.3, 0.4) is 0 Å². The Hall–Kier alpha value is -1.23. The number of carboxylic acid groups (broad SMARTS) is 1. The summed E-state index contributed by atoms with van der Waals surface area (Å²) in [5.41, 5.74) is 1.08. The van der Waals surface area contributed by atoms with Crippen molar-refractivity contribution in [3.8, 4) is 0 Å². The monoisotopic (exact) mass is 302 g/mol. The molecule has 0 aliphatic carbocycles. The van der Waals surface area contributed by atoms with Crippen LogP contribution in [0.2, 0.25) is 0 Å². The molecule has 1 N–H and O–H groups in total. The molecule has 0 saturated carbocycles. The number of alkyl halides is 1. The molecule has 92 valence electrons. The van der Waals surface area contributed by atoms with Gasteiger partial charge in [0, 0.05) is 5.56 Å². The van der Waals surface area contributed by atoms with E-state index in [1.807, 2.05) is 0 Å². The van der Waals surface area contributed by atoms with Crippen molar-refractivity contribution >= 4 is 27.7 Å². The van der Waals surface area contributed by atoms with Crippen LogP contribution in [0.15, 0.2) is 12.1 Å². The van der Waals surface area contributed by atoms with Crippen LogP contribution in [0.4, 0.5) is 4.39 Å². The van der Waals surface area contributed by atoms with Crippen molar-refractivity contribution in [2.45, 2.75) is 25.1 Å². The van der Waals surface area contributed by atoms with E-state index in [9.17, 15) is 14.0 Å². The summed E-state index contributed by atoms with van der Waals surface area (Å²) < 4.78 is 13.4. The highest BCUT2D eigenvalue weighted by Crippen LogP contribution is 2.19. The summed E-state index contributed by atoms with van der Waals surface area (Å²) in [4.78, 5) is 21.6. The maximum absolute atomic E-state index is 13.4. The minimum atomic E-state index is -1.06. The third-order valence-electron chi connectivity index (χ3n) is 2.36. The summed E-state index contributed by atoms with van der Waals surface area (Å²) in [6, 6.07) is 2.86. The smallest absolute Gasteiger partial charge is 0.304 e. The number of benzene rings is 1. The van der Waals surface area contributed by atoms with Crippen LogP contribution in [0.5, 0.6) is 0 Å². The van der Waals surface area contributed by atoms with Gasteiger partial charge in [-0.3, -0.25) is 9.59 Å². The molecular weight excluding hydrogens is 291 g/mol. The topological polar surface area (TPSA) is 54.4 Å². The van der Waals surface area contributed by atoms with Crippen molar-refractivity contribution in [3.05, 3.63) is 34.6 Å². The zero-order chi connectivity index (χ0) is 13.2. The molecule has 0 aliphatic rings. The van der Waals surface area contributed by atoms with E-state index in [0.717, 1.165) is 0 Å². The maximum Gasteiger partial charge on any atom is 0.304 e. The van der Waals surface area contributed by atoms with Gasteiger partial charge in [-0.05, 0) is 37.1 Å². The molecule has 0 aliphatic heterocycles. The number of aliphatic carboxylic acids is 1. The SMILES string of the molecule is Cc1cc(C(=O)C(Br)CC(=O)O)cc(C)c1F. The highest BCUT2D eigenvalue weighted by molar-refractivity contribution is 9.10. The summed E-state index contributed by atoms with van der Waals surface area (Å²) in [6.45, 7) is 3.14. The molecule has 0 saturated heterocycles. The van der Waals surface area contributed by atoms with Gasteiger partial charge in [-0.1, -0.05) is 15.9 Å². The van der Waals surface area contributed by atoms with E-state index >= 15 is 0 Å². The van der Waals surface area contributed by atoms with Crippen LogP contribution in [-0.4, -0.2) is 21.7 Å². The van der Waals surface area contributed by atoms with Gasteiger partial charge in [0.25, 0.3) is 0 Å². The van der Waals surface area contributed by atoms with E-state index in [4.69, 9.17) is 5.11 Å². The van der Waals surface area contributed by atoms with E-state index in [1.165, 1.54) is 12.1 Å². The number of aryl methyl sites for hydroxylation is 2. The lowest BCUT2D eigenvalue weighted by atomic mass is 10.0. The Morgan fingerprint density at radius 1 is 1.35 bits per heavy atom. The van der Waals surface area contributed by atoms with Gasteiger partial charge >= 0.3 is 5.97 Å². The van der Waals surface area contributed by atoms with Gasteiger partial charge < -0.3 is 5.11 Å². The molecular formula is C12H12BrFO3. The molecule has 5 heteroatoms. The van der Waals surface area contributed by atoms with Gasteiger partial charge in [-0.15, -0.1) is 0 Å².